The number of benzene rings is 2. The molecule has 3 aromatic rings. The Hall–Kier alpha value is -3.73. The van der Waals surface area contributed by atoms with Gasteiger partial charge in [0.05, 0.1) is 5.75 Å². The first-order valence-electron chi connectivity index (χ1n) is 10.6. The summed E-state index contributed by atoms with van der Waals surface area (Å²) in [6, 6.07) is 12.7. The highest BCUT2D eigenvalue weighted by atomic mass is 32.2. The number of halogens is 1. The number of hydrogen-bond donors (Lipinski definition) is 3. The molecular weight excluding hydrogens is 459 g/mol. The van der Waals surface area contributed by atoms with Gasteiger partial charge in [0.25, 0.3) is 0 Å². The van der Waals surface area contributed by atoms with Crippen LogP contribution in [0.15, 0.2) is 53.7 Å². The monoisotopic (exact) mass is 482 g/mol. The summed E-state index contributed by atoms with van der Waals surface area (Å²) in [4.78, 5) is 35.8. The molecule has 3 N–H and O–H groups in total. The number of thioether (sulfide) groups is 1. The van der Waals surface area contributed by atoms with Gasteiger partial charge in [-0.15, -0.1) is 10.2 Å². The normalized spacial score (nSPS) is 15.5. The van der Waals surface area contributed by atoms with Crippen LogP contribution in [-0.4, -0.2) is 44.4 Å². The van der Waals surface area contributed by atoms with Gasteiger partial charge in [0.2, 0.25) is 11.8 Å². The van der Waals surface area contributed by atoms with Crippen molar-refractivity contribution in [2.24, 2.45) is 0 Å². The minimum absolute atomic E-state index is 0.105. The number of carbonyl (C=O) groups excluding carboxylic acids is 3. The van der Waals surface area contributed by atoms with E-state index in [0.29, 0.717) is 23.9 Å². The average Bonchev–Trinajstić information content (AvgIpc) is 3.19. The molecule has 1 fully saturated rings. The summed E-state index contributed by atoms with van der Waals surface area (Å²) in [6.07, 6.45) is 0.443. The van der Waals surface area contributed by atoms with E-state index in [2.05, 4.69) is 26.1 Å². The largest absolute Gasteiger partial charge is 0.351 e. The predicted molar refractivity (Wildman–Crippen MR) is 124 cm³/mol. The Kier molecular flexibility index (Phi) is 7.21. The Morgan fingerprint density at radius 1 is 1.21 bits per heavy atom. The molecular formula is C23H23FN6O3S. The van der Waals surface area contributed by atoms with Crippen molar-refractivity contribution in [3.05, 3.63) is 71.3 Å². The van der Waals surface area contributed by atoms with Crippen LogP contribution >= 0.6 is 11.8 Å². The lowest BCUT2D eigenvalue weighted by atomic mass is 10.1. The van der Waals surface area contributed by atoms with Crippen LogP contribution in [0.4, 0.5) is 9.18 Å². The van der Waals surface area contributed by atoms with Crippen LogP contribution in [0, 0.1) is 12.7 Å². The van der Waals surface area contributed by atoms with Gasteiger partial charge in [-0.05, 0) is 42.3 Å². The van der Waals surface area contributed by atoms with Crippen LogP contribution in [0.1, 0.15) is 23.4 Å². The summed E-state index contributed by atoms with van der Waals surface area (Å²) < 4.78 is 14.9. The number of imide groups is 1. The molecule has 0 bridgehead atoms. The van der Waals surface area contributed by atoms with Crippen LogP contribution in [-0.2, 0) is 22.6 Å². The van der Waals surface area contributed by atoms with Gasteiger partial charge in [0.15, 0.2) is 5.16 Å². The van der Waals surface area contributed by atoms with Crippen LogP contribution in [0.2, 0.25) is 0 Å². The summed E-state index contributed by atoms with van der Waals surface area (Å²) in [5.74, 6) is -0.202. The van der Waals surface area contributed by atoms with E-state index in [9.17, 15) is 18.8 Å². The molecule has 1 atom stereocenters. The van der Waals surface area contributed by atoms with Crippen molar-refractivity contribution < 1.29 is 18.8 Å². The van der Waals surface area contributed by atoms with E-state index in [1.807, 2.05) is 35.8 Å². The zero-order valence-corrected chi connectivity index (χ0v) is 19.2. The van der Waals surface area contributed by atoms with Gasteiger partial charge in [-0.3, -0.25) is 19.5 Å². The van der Waals surface area contributed by atoms with E-state index in [0.717, 1.165) is 16.8 Å². The van der Waals surface area contributed by atoms with Crippen molar-refractivity contribution in [2.45, 2.75) is 37.5 Å². The number of carbonyl (C=O) groups is 3. The molecule has 1 unspecified atom stereocenters. The molecule has 4 amide bonds. The van der Waals surface area contributed by atoms with Crippen molar-refractivity contribution >= 4 is 29.6 Å². The Labute approximate surface area is 199 Å². The summed E-state index contributed by atoms with van der Waals surface area (Å²) in [7, 11) is 0. The fourth-order valence-electron chi connectivity index (χ4n) is 3.55. The lowest BCUT2D eigenvalue weighted by molar-refractivity contribution is -0.121. The Morgan fingerprint density at radius 2 is 2.00 bits per heavy atom. The summed E-state index contributed by atoms with van der Waals surface area (Å²) in [5.41, 5.74) is 2.65. The van der Waals surface area contributed by atoms with Gasteiger partial charge in [-0.2, -0.15) is 0 Å². The quantitative estimate of drug-likeness (QED) is 0.424. The van der Waals surface area contributed by atoms with Crippen molar-refractivity contribution in [3.8, 4) is 5.69 Å². The van der Waals surface area contributed by atoms with Crippen molar-refractivity contribution in [2.75, 3.05) is 5.75 Å². The molecule has 0 aliphatic carbocycles. The second-order valence-electron chi connectivity index (χ2n) is 7.89. The highest BCUT2D eigenvalue weighted by Crippen LogP contribution is 2.24. The van der Waals surface area contributed by atoms with E-state index in [1.54, 1.807) is 12.1 Å². The molecule has 2 aromatic carbocycles. The van der Waals surface area contributed by atoms with E-state index in [1.165, 1.54) is 23.9 Å². The lowest BCUT2D eigenvalue weighted by Crippen LogP contribution is -2.53. The molecule has 11 heteroatoms. The number of aromatic nitrogens is 3. The Bertz CT molecular complexity index is 1200. The van der Waals surface area contributed by atoms with Gasteiger partial charge in [0, 0.05) is 31.1 Å². The van der Waals surface area contributed by atoms with Gasteiger partial charge in [-0.1, -0.05) is 36.0 Å². The van der Waals surface area contributed by atoms with Gasteiger partial charge < -0.3 is 10.6 Å². The standard InChI is InChI=1S/C23H23FN6O3S/c1-14-3-2-4-18(9-14)30-19(10-17-11-20(31)27-22(33)26-17)28-29-23(30)34-13-21(32)25-12-15-5-7-16(24)8-6-15/h2-9,17H,10-13H2,1H3,(H,25,32)(H2,26,27,31,33). The molecule has 1 aliphatic heterocycles. The molecule has 2 heterocycles. The molecule has 9 nitrogen and oxygen atoms in total. The zero-order chi connectivity index (χ0) is 24.1. The van der Waals surface area contributed by atoms with Crippen molar-refractivity contribution in [1.82, 2.24) is 30.7 Å². The topological polar surface area (TPSA) is 118 Å². The Balaban J connectivity index is 1.47. The van der Waals surface area contributed by atoms with Crippen LogP contribution in [0.25, 0.3) is 5.69 Å². The molecule has 1 aliphatic rings. The Morgan fingerprint density at radius 3 is 2.74 bits per heavy atom. The molecule has 0 saturated carbocycles. The van der Waals surface area contributed by atoms with Crippen LogP contribution in [0.5, 0.6) is 0 Å². The maximum absolute atomic E-state index is 13.0. The van der Waals surface area contributed by atoms with Crippen LogP contribution < -0.4 is 16.0 Å². The summed E-state index contributed by atoms with van der Waals surface area (Å²) >= 11 is 1.23. The summed E-state index contributed by atoms with van der Waals surface area (Å²) in [5, 5.41) is 16.8. The first-order chi connectivity index (χ1) is 16.4. The third-order valence-electron chi connectivity index (χ3n) is 5.14. The summed E-state index contributed by atoms with van der Waals surface area (Å²) in [6.45, 7) is 2.26. The highest BCUT2D eigenvalue weighted by Gasteiger charge is 2.27. The first kappa shape index (κ1) is 23.4. The minimum atomic E-state index is -0.532. The van der Waals surface area contributed by atoms with E-state index < -0.39 is 12.1 Å². The molecule has 176 valence electrons. The third-order valence-corrected chi connectivity index (χ3v) is 6.07. The smallest absolute Gasteiger partial charge is 0.321 e. The van der Waals surface area contributed by atoms with Crippen LogP contribution in [0.3, 0.4) is 0 Å². The number of nitrogens with one attached hydrogen (secondary N) is 3. The predicted octanol–water partition coefficient (Wildman–Crippen LogP) is 2.26. The highest BCUT2D eigenvalue weighted by molar-refractivity contribution is 7.99. The molecule has 0 spiro atoms. The molecule has 4 rings (SSSR count). The van der Waals surface area contributed by atoms with Gasteiger partial charge in [-0.25, -0.2) is 9.18 Å². The maximum atomic E-state index is 13.0. The van der Waals surface area contributed by atoms with Crippen molar-refractivity contribution in [3.63, 3.8) is 0 Å². The van der Waals surface area contributed by atoms with Gasteiger partial charge in [0.1, 0.15) is 11.6 Å². The maximum Gasteiger partial charge on any atom is 0.321 e. The number of urea groups is 1. The third kappa shape index (κ3) is 5.98. The SMILES string of the molecule is Cc1cccc(-n2c(CC3CC(=O)NC(=O)N3)nnc2SCC(=O)NCc2ccc(F)cc2)c1. The number of amides is 4. The fourth-order valence-corrected chi connectivity index (χ4v) is 4.35. The van der Waals surface area contributed by atoms with E-state index in [-0.39, 0.29) is 29.8 Å². The van der Waals surface area contributed by atoms with E-state index >= 15 is 0 Å². The lowest BCUT2D eigenvalue weighted by Gasteiger charge is -2.23. The number of rotatable bonds is 8. The van der Waals surface area contributed by atoms with E-state index in [4.69, 9.17) is 0 Å². The minimum Gasteiger partial charge on any atom is -0.351 e. The second-order valence-corrected chi connectivity index (χ2v) is 8.83. The molecule has 34 heavy (non-hydrogen) atoms. The number of nitrogens with zero attached hydrogens (tertiary/aromatic N) is 3. The number of aryl methyl sites for hydroxylation is 1. The number of hydrogen-bond acceptors (Lipinski definition) is 6. The fraction of sp³-hybridized carbons (Fsp3) is 0.261. The zero-order valence-electron chi connectivity index (χ0n) is 18.4. The molecule has 1 saturated heterocycles. The average molecular weight is 483 g/mol. The van der Waals surface area contributed by atoms with Crippen molar-refractivity contribution in [1.29, 1.82) is 0 Å². The second kappa shape index (κ2) is 10.5. The molecule has 1 aromatic heterocycles. The van der Waals surface area contributed by atoms with Gasteiger partial charge >= 0.3 is 6.03 Å². The first-order valence-corrected chi connectivity index (χ1v) is 11.6. The molecule has 0 radical (unpaired) electrons.